The molecule has 0 radical (unpaired) electrons. The van der Waals surface area contributed by atoms with Crippen LogP contribution in [0.25, 0.3) is 11.1 Å². The summed E-state index contributed by atoms with van der Waals surface area (Å²) in [6.07, 6.45) is 0. The molecule has 0 amide bonds. The molecule has 1 aromatic carbocycles. The highest BCUT2D eigenvalue weighted by Gasteiger charge is 2.00. The Hall–Kier alpha value is -1.51. The molecule has 1 aromatic heterocycles. The highest BCUT2D eigenvalue weighted by atomic mass is 16.3. The molecule has 0 saturated carbocycles. The van der Waals surface area contributed by atoms with Gasteiger partial charge in [0.05, 0.1) is 1.37 Å². The van der Waals surface area contributed by atoms with Crippen molar-refractivity contribution in [2.24, 2.45) is 0 Å². The first-order valence-corrected chi connectivity index (χ1v) is 3.30. The normalized spacial score (nSPS) is 11.9. The van der Waals surface area contributed by atoms with Crippen LogP contribution in [-0.2, 0) is 0 Å². The molecule has 2 N–H and O–H groups in total. The molecule has 0 atom stereocenters. The summed E-state index contributed by atoms with van der Waals surface area (Å²) in [4.78, 5) is 4.07. The number of nitrogen functional groups attached to an aromatic ring is 1. The molecular formula is C8H8N2O. The fourth-order valence-corrected chi connectivity index (χ4v) is 0.993. The smallest absolute Gasteiger partial charge is 0.192 e. The van der Waals surface area contributed by atoms with Gasteiger partial charge < -0.3 is 10.2 Å². The topological polar surface area (TPSA) is 52.0 Å². The predicted octanol–water partition coefficient (Wildman–Crippen LogP) is 1.72. The lowest BCUT2D eigenvalue weighted by molar-refractivity contribution is 0.561. The Labute approximate surface area is 65.2 Å². The first kappa shape index (κ1) is 5.18. The Balaban J connectivity index is 2.88. The van der Waals surface area contributed by atoms with Crippen molar-refractivity contribution in [3.63, 3.8) is 0 Å². The average molecular weight is 150 g/mol. The second-order valence-electron chi connectivity index (χ2n) is 2.38. The van der Waals surface area contributed by atoms with Crippen molar-refractivity contribution in [1.29, 1.82) is 0 Å². The van der Waals surface area contributed by atoms with Crippen molar-refractivity contribution in [3.05, 3.63) is 24.1 Å². The number of fused-ring (bicyclic) bond motifs is 1. The molecule has 0 aliphatic rings. The number of rotatable bonds is 0. The largest absolute Gasteiger partial charge is 0.441 e. The van der Waals surface area contributed by atoms with Gasteiger partial charge in [-0.15, -0.1) is 0 Å². The first-order chi connectivity index (χ1) is 5.66. The van der Waals surface area contributed by atoms with E-state index in [9.17, 15) is 0 Å². The van der Waals surface area contributed by atoms with Crippen LogP contribution < -0.4 is 5.73 Å². The SMILES string of the molecule is [3H]c1cc(N)cc2nc(C)oc12. The van der Waals surface area contributed by atoms with E-state index in [0.717, 1.165) is 0 Å². The molecule has 0 bridgehead atoms. The molecule has 1 heterocycles. The second kappa shape index (κ2) is 1.99. The Morgan fingerprint density at radius 3 is 3.36 bits per heavy atom. The van der Waals surface area contributed by atoms with Gasteiger partial charge in [-0.1, -0.05) is 0 Å². The Morgan fingerprint density at radius 2 is 2.55 bits per heavy atom. The molecule has 3 nitrogen and oxygen atoms in total. The number of oxazole rings is 1. The van der Waals surface area contributed by atoms with E-state index in [1.54, 1.807) is 19.1 Å². The third kappa shape index (κ3) is 0.941. The van der Waals surface area contributed by atoms with Gasteiger partial charge in [0, 0.05) is 12.6 Å². The minimum Gasteiger partial charge on any atom is -0.441 e. The van der Waals surface area contributed by atoms with Crippen LogP contribution in [0.3, 0.4) is 0 Å². The maximum absolute atomic E-state index is 7.50. The van der Waals surface area contributed by atoms with Crippen molar-refractivity contribution in [2.75, 3.05) is 5.73 Å². The summed E-state index contributed by atoms with van der Waals surface area (Å²) in [5.41, 5.74) is 7.23. The van der Waals surface area contributed by atoms with Crippen molar-refractivity contribution < 1.29 is 5.79 Å². The van der Waals surface area contributed by atoms with E-state index in [4.69, 9.17) is 11.5 Å². The maximum atomic E-state index is 7.50. The van der Waals surface area contributed by atoms with Gasteiger partial charge in [0.2, 0.25) is 0 Å². The van der Waals surface area contributed by atoms with Gasteiger partial charge in [-0.25, -0.2) is 4.98 Å². The molecule has 2 aromatic rings. The molecule has 3 heteroatoms. The van der Waals surface area contributed by atoms with E-state index in [0.29, 0.717) is 22.7 Å². The number of hydrogen-bond donors (Lipinski definition) is 1. The van der Waals surface area contributed by atoms with Crippen LogP contribution in [0.5, 0.6) is 0 Å². The van der Waals surface area contributed by atoms with E-state index >= 15 is 0 Å². The number of aromatic nitrogens is 1. The van der Waals surface area contributed by atoms with E-state index in [-0.39, 0.29) is 6.04 Å². The van der Waals surface area contributed by atoms with Crippen LogP contribution in [-0.4, -0.2) is 4.98 Å². The van der Waals surface area contributed by atoms with Gasteiger partial charge in [-0.05, 0) is 18.2 Å². The van der Waals surface area contributed by atoms with Crippen molar-refractivity contribution in [2.45, 2.75) is 6.92 Å². The molecule has 0 spiro atoms. The van der Waals surface area contributed by atoms with Crippen LogP contribution in [0.4, 0.5) is 5.69 Å². The minimum absolute atomic E-state index is 0.283. The summed E-state index contributed by atoms with van der Waals surface area (Å²) in [6, 6.07) is 3.53. The maximum Gasteiger partial charge on any atom is 0.192 e. The zero-order chi connectivity index (χ0) is 8.72. The molecule has 0 fully saturated rings. The standard InChI is InChI=1S/C8H8N2O/c1-5-10-7-4-6(9)2-3-8(7)11-5/h2-4H,9H2,1H3/i3T. The molecule has 2 rings (SSSR count). The monoisotopic (exact) mass is 150 g/mol. The Morgan fingerprint density at radius 1 is 1.73 bits per heavy atom. The summed E-state index contributed by atoms with van der Waals surface area (Å²) in [5.74, 6) is 0.559. The summed E-state index contributed by atoms with van der Waals surface area (Å²) >= 11 is 0. The van der Waals surface area contributed by atoms with E-state index in [1.807, 2.05) is 0 Å². The number of anilines is 1. The van der Waals surface area contributed by atoms with Crippen LogP contribution in [0.15, 0.2) is 22.6 Å². The lowest BCUT2D eigenvalue weighted by Gasteiger charge is -1.88. The van der Waals surface area contributed by atoms with Crippen LogP contribution in [0.2, 0.25) is 0 Å². The summed E-state index contributed by atoms with van der Waals surface area (Å²) in [5, 5.41) is 0. The number of aryl methyl sites for hydroxylation is 1. The lowest BCUT2D eigenvalue weighted by atomic mass is 10.3. The van der Waals surface area contributed by atoms with Gasteiger partial charge in [0.25, 0.3) is 0 Å². The highest BCUT2D eigenvalue weighted by Crippen LogP contribution is 2.17. The summed E-state index contributed by atoms with van der Waals surface area (Å²) in [7, 11) is 0. The highest BCUT2D eigenvalue weighted by molar-refractivity contribution is 5.76. The average Bonchev–Trinajstić information content (AvgIpc) is 2.29. The Kier molecular flexibility index (Phi) is 0.935. The lowest BCUT2D eigenvalue weighted by Crippen LogP contribution is -1.81. The van der Waals surface area contributed by atoms with E-state index < -0.39 is 0 Å². The third-order valence-corrected chi connectivity index (χ3v) is 1.43. The van der Waals surface area contributed by atoms with E-state index in [2.05, 4.69) is 4.98 Å². The fraction of sp³-hybridized carbons (Fsp3) is 0.125. The third-order valence-electron chi connectivity index (χ3n) is 1.43. The van der Waals surface area contributed by atoms with Gasteiger partial charge >= 0.3 is 0 Å². The molecule has 56 valence electrons. The quantitative estimate of drug-likeness (QED) is 0.582. The van der Waals surface area contributed by atoms with Gasteiger partial charge in [-0.3, -0.25) is 0 Å². The molecular weight excluding hydrogens is 140 g/mol. The summed E-state index contributed by atoms with van der Waals surface area (Å²) < 4.78 is 12.7. The number of nitrogens with zero attached hydrogens (tertiary/aromatic N) is 1. The number of hydrogen-bond acceptors (Lipinski definition) is 3. The van der Waals surface area contributed by atoms with Crippen molar-refractivity contribution in [3.8, 4) is 0 Å². The Bertz CT molecular complexity index is 436. The zero-order valence-corrected chi connectivity index (χ0v) is 6.09. The molecule has 0 unspecified atom stereocenters. The molecule has 0 aliphatic carbocycles. The van der Waals surface area contributed by atoms with Crippen molar-refractivity contribution >= 4 is 16.8 Å². The van der Waals surface area contributed by atoms with Crippen molar-refractivity contribution in [1.82, 2.24) is 4.98 Å². The first-order valence-electron chi connectivity index (χ1n) is 3.80. The van der Waals surface area contributed by atoms with Gasteiger partial charge in [0.1, 0.15) is 5.52 Å². The molecule has 0 saturated heterocycles. The molecule has 11 heavy (non-hydrogen) atoms. The summed E-state index contributed by atoms with van der Waals surface area (Å²) in [6.45, 7) is 1.75. The number of benzene rings is 1. The predicted molar refractivity (Wildman–Crippen MR) is 43.2 cm³/mol. The van der Waals surface area contributed by atoms with Gasteiger partial charge in [0.15, 0.2) is 11.5 Å². The molecule has 0 aliphatic heterocycles. The van der Waals surface area contributed by atoms with Gasteiger partial charge in [-0.2, -0.15) is 0 Å². The van der Waals surface area contributed by atoms with Crippen LogP contribution >= 0.6 is 0 Å². The minimum atomic E-state index is 0.283. The van der Waals surface area contributed by atoms with Crippen LogP contribution in [0, 0.1) is 6.92 Å². The van der Waals surface area contributed by atoms with Crippen LogP contribution in [0.1, 0.15) is 7.26 Å². The second-order valence-corrected chi connectivity index (χ2v) is 2.38. The zero-order valence-electron chi connectivity index (χ0n) is 7.09. The number of nitrogens with two attached hydrogens (primary N) is 1. The van der Waals surface area contributed by atoms with E-state index in [1.165, 1.54) is 0 Å². The fourth-order valence-electron chi connectivity index (χ4n) is 0.993.